The van der Waals surface area contributed by atoms with Crippen molar-refractivity contribution in [1.29, 1.82) is 0 Å². The highest BCUT2D eigenvalue weighted by molar-refractivity contribution is 7.73. The lowest BCUT2D eigenvalue weighted by atomic mass is 10.3. The summed E-state index contributed by atoms with van der Waals surface area (Å²) in [7, 11) is 0. The average Bonchev–Trinajstić information content (AvgIpc) is 2.77. The lowest BCUT2D eigenvalue weighted by Gasteiger charge is -2.08. The molecule has 0 aliphatic carbocycles. The molecule has 0 fully saturated rings. The predicted molar refractivity (Wildman–Crippen MR) is 97.9 cm³/mol. The molecule has 1 rings (SSSR count). The molecule has 1 heterocycles. The van der Waals surface area contributed by atoms with Crippen molar-refractivity contribution >= 4 is 35.7 Å². The molecule has 0 amide bonds. The highest BCUT2D eigenvalue weighted by Crippen LogP contribution is 1.97. The van der Waals surface area contributed by atoms with Crippen molar-refractivity contribution in [3.8, 4) is 0 Å². The molecule has 1 N–H and O–H groups in total. The molecule has 4 heteroatoms. The summed E-state index contributed by atoms with van der Waals surface area (Å²) < 4.78 is 4.01. The fourth-order valence-electron chi connectivity index (χ4n) is 1.75. The van der Waals surface area contributed by atoms with Crippen LogP contribution in [0.1, 0.15) is 6.92 Å². The van der Waals surface area contributed by atoms with Gasteiger partial charge in [-0.3, -0.25) is 0 Å². The zero-order valence-electron chi connectivity index (χ0n) is 12.2. The minimum absolute atomic E-state index is 0.598. The van der Waals surface area contributed by atoms with E-state index in [0.717, 1.165) is 19.5 Å². The van der Waals surface area contributed by atoms with E-state index in [1.807, 2.05) is 31.2 Å². The second-order valence-electron chi connectivity index (χ2n) is 4.02. The van der Waals surface area contributed by atoms with E-state index in [2.05, 4.69) is 35.7 Å². The van der Waals surface area contributed by atoms with Crippen LogP contribution in [0, 0.1) is 3.95 Å². The molecule has 0 spiro atoms. The SMILES string of the molecule is C=C/C=C\C(=C/C=C)NCn1c(=S)sc(=C/C=C)/c1=C\C. The molecule has 0 radical (unpaired) electrons. The number of nitrogens with zero attached hydrogens (tertiary/aromatic N) is 1. The maximum absolute atomic E-state index is 5.44. The number of allylic oxidation sites excluding steroid dienone is 6. The molecule has 0 aromatic carbocycles. The number of nitrogens with one attached hydrogen (secondary N) is 1. The largest absolute Gasteiger partial charge is 0.367 e. The Bertz CT molecular complexity index is 743. The predicted octanol–water partition coefficient (Wildman–Crippen LogP) is 3.41. The van der Waals surface area contributed by atoms with E-state index in [-0.39, 0.29) is 0 Å². The molecule has 0 saturated heterocycles. The third-order valence-corrected chi connectivity index (χ3v) is 4.08. The fraction of sp³-hybridized carbons (Fsp3) is 0.118. The Balaban J connectivity index is 3.12. The third kappa shape index (κ3) is 4.85. The summed E-state index contributed by atoms with van der Waals surface area (Å²) in [6, 6.07) is 0. The highest BCUT2D eigenvalue weighted by atomic mass is 32.1. The molecular weight excluding hydrogens is 296 g/mol. The first-order chi connectivity index (χ1) is 10.2. The number of hydrogen-bond donors (Lipinski definition) is 1. The van der Waals surface area contributed by atoms with Crippen molar-refractivity contribution in [1.82, 2.24) is 9.88 Å². The van der Waals surface area contributed by atoms with Crippen molar-refractivity contribution in [2.24, 2.45) is 0 Å². The van der Waals surface area contributed by atoms with Crippen LogP contribution >= 0.6 is 23.6 Å². The van der Waals surface area contributed by atoms with Crippen LogP contribution in [-0.4, -0.2) is 4.57 Å². The Labute approximate surface area is 135 Å². The first kappa shape index (κ1) is 17.1. The van der Waals surface area contributed by atoms with Crippen LogP contribution in [0.4, 0.5) is 0 Å². The summed E-state index contributed by atoms with van der Waals surface area (Å²) in [5.74, 6) is 0. The molecule has 1 aromatic rings. The first-order valence-corrected chi connectivity index (χ1v) is 7.74. The van der Waals surface area contributed by atoms with E-state index >= 15 is 0 Å². The van der Waals surface area contributed by atoms with Gasteiger partial charge in [-0.05, 0) is 37.4 Å². The van der Waals surface area contributed by atoms with Crippen LogP contribution in [-0.2, 0) is 6.67 Å². The molecule has 21 heavy (non-hydrogen) atoms. The van der Waals surface area contributed by atoms with Gasteiger partial charge in [0, 0.05) is 5.70 Å². The van der Waals surface area contributed by atoms with Gasteiger partial charge in [0.25, 0.3) is 0 Å². The summed E-state index contributed by atoms with van der Waals surface area (Å²) >= 11 is 7.02. The van der Waals surface area contributed by atoms with Crippen LogP contribution < -0.4 is 15.2 Å². The zero-order chi connectivity index (χ0) is 15.7. The monoisotopic (exact) mass is 316 g/mol. The van der Waals surface area contributed by atoms with E-state index in [0.29, 0.717) is 6.67 Å². The second-order valence-corrected chi connectivity index (χ2v) is 5.70. The fourth-order valence-corrected chi connectivity index (χ4v) is 3.14. The summed E-state index contributed by atoms with van der Waals surface area (Å²) in [5, 5.41) is 4.44. The summed E-state index contributed by atoms with van der Waals surface area (Å²) in [5.41, 5.74) is 0.953. The topological polar surface area (TPSA) is 17.0 Å². The van der Waals surface area contributed by atoms with Gasteiger partial charge < -0.3 is 9.88 Å². The van der Waals surface area contributed by atoms with Gasteiger partial charge in [-0.2, -0.15) is 0 Å². The Morgan fingerprint density at radius 2 is 2.05 bits per heavy atom. The molecule has 1 aromatic heterocycles. The lowest BCUT2D eigenvalue weighted by Crippen LogP contribution is -2.32. The molecule has 0 atom stereocenters. The van der Waals surface area contributed by atoms with Gasteiger partial charge in [0.15, 0.2) is 3.95 Å². The van der Waals surface area contributed by atoms with Gasteiger partial charge in [-0.15, -0.1) is 11.3 Å². The van der Waals surface area contributed by atoms with Crippen LogP contribution in [0.25, 0.3) is 12.2 Å². The molecule has 0 bridgehead atoms. The van der Waals surface area contributed by atoms with Crippen molar-refractivity contribution in [2.45, 2.75) is 13.6 Å². The van der Waals surface area contributed by atoms with Crippen LogP contribution in [0.15, 0.2) is 61.9 Å². The van der Waals surface area contributed by atoms with E-state index in [1.54, 1.807) is 29.6 Å². The minimum Gasteiger partial charge on any atom is -0.367 e. The second kappa shape index (κ2) is 9.10. The van der Waals surface area contributed by atoms with Gasteiger partial charge in [0.2, 0.25) is 0 Å². The Hall–Kier alpha value is -1.91. The normalized spacial score (nSPS) is 13.7. The van der Waals surface area contributed by atoms with E-state index in [1.165, 1.54) is 0 Å². The highest BCUT2D eigenvalue weighted by Gasteiger charge is 2.00. The number of aromatic nitrogens is 1. The Morgan fingerprint density at radius 1 is 1.29 bits per heavy atom. The van der Waals surface area contributed by atoms with Gasteiger partial charge in [-0.1, -0.05) is 50.1 Å². The standard InChI is InChI=1S/C17H20N2S2/c1-5-9-12-14(10-6-2)18-13-19-15(8-4)16(11-7-3)21-17(19)20/h5-12,18H,1-3,13H2,4H3/b12-9-,14-10+,15-8+,16-11+. The quantitative estimate of drug-likeness (QED) is 0.613. The lowest BCUT2D eigenvalue weighted by molar-refractivity contribution is 0.612. The summed E-state index contributed by atoms with van der Waals surface area (Å²) in [4.78, 5) is 0. The molecule has 110 valence electrons. The van der Waals surface area contributed by atoms with Gasteiger partial charge >= 0.3 is 0 Å². The molecule has 0 aliphatic heterocycles. The van der Waals surface area contributed by atoms with E-state index in [4.69, 9.17) is 12.2 Å². The van der Waals surface area contributed by atoms with Crippen molar-refractivity contribution < 1.29 is 0 Å². The Kier molecular flexibility index (Phi) is 7.43. The molecule has 0 aliphatic rings. The smallest absolute Gasteiger partial charge is 0.163 e. The van der Waals surface area contributed by atoms with Crippen LogP contribution in [0.5, 0.6) is 0 Å². The van der Waals surface area contributed by atoms with Gasteiger partial charge in [-0.25, -0.2) is 0 Å². The van der Waals surface area contributed by atoms with Gasteiger partial charge in [0.1, 0.15) is 0 Å². The maximum Gasteiger partial charge on any atom is 0.163 e. The maximum atomic E-state index is 5.44. The number of rotatable bonds is 7. The molecular formula is C17H20N2S2. The van der Waals surface area contributed by atoms with Crippen LogP contribution in [0.2, 0.25) is 0 Å². The average molecular weight is 316 g/mol. The molecule has 0 saturated carbocycles. The Morgan fingerprint density at radius 3 is 2.62 bits per heavy atom. The molecule has 0 unspecified atom stereocenters. The zero-order valence-corrected chi connectivity index (χ0v) is 13.8. The number of hydrogen-bond acceptors (Lipinski definition) is 3. The minimum atomic E-state index is 0.598. The van der Waals surface area contributed by atoms with Crippen molar-refractivity contribution in [3.63, 3.8) is 0 Å². The third-order valence-electron chi connectivity index (χ3n) is 2.65. The number of thiazole rings is 1. The van der Waals surface area contributed by atoms with Crippen molar-refractivity contribution in [2.75, 3.05) is 0 Å². The molecule has 2 nitrogen and oxygen atoms in total. The van der Waals surface area contributed by atoms with E-state index in [9.17, 15) is 0 Å². The summed E-state index contributed by atoms with van der Waals surface area (Å²) in [6.45, 7) is 13.7. The summed E-state index contributed by atoms with van der Waals surface area (Å²) in [6.07, 6.45) is 15.0. The van der Waals surface area contributed by atoms with Gasteiger partial charge in [0.05, 0.1) is 16.6 Å². The van der Waals surface area contributed by atoms with Crippen molar-refractivity contribution in [3.05, 3.63) is 75.7 Å². The van der Waals surface area contributed by atoms with E-state index < -0.39 is 0 Å². The van der Waals surface area contributed by atoms with Crippen LogP contribution in [0.3, 0.4) is 0 Å². The first-order valence-electron chi connectivity index (χ1n) is 6.52.